The normalized spacial score (nSPS) is 22.5. The second-order valence-corrected chi connectivity index (χ2v) is 7.96. The second kappa shape index (κ2) is 5.64. The van der Waals surface area contributed by atoms with Gasteiger partial charge in [-0.3, -0.25) is 0 Å². The molecule has 1 saturated heterocycles. The number of rotatable bonds is 1. The molecule has 0 atom stereocenters. The van der Waals surface area contributed by atoms with Gasteiger partial charge < -0.3 is 10.2 Å². The summed E-state index contributed by atoms with van der Waals surface area (Å²) in [5, 5.41) is 3.85. The van der Waals surface area contributed by atoms with Gasteiger partial charge in [0.25, 0.3) is 0 Å². The van der Waals surface area contributed by atoms with E-state index in [1.54, 1.807) is 0 Å². The van der Waals surface area contributed by atoms with Gasteiger partial charge in [-0.15, -0.1) is 0 Å². The van der Waals surface area contributed by atoms with Crippen LogP contribution < -0.4 is 10.2 Å². The molecule has 1 aliphatic heterocycles. The lowest BCUT2D eigenvalue weighted by molar-refractivity contribution is 0.216. The van der Waals surface area contributed by atoms with Crippen molar-refractivity contribution in [1.82, 2.24) is 5.32 Å². The van der Waals surface area contributed by atoms with E-state index in [4.69, 9.17) is 0 Å². The van der Waals surface area contributed by atoms with Crippen LogP contribution in [0.5, 0.6) is 0 Å². The van der Waals surface area contributed by atoms with Gasteiger partial charge in [-0.05, 0) is 29.9 Å². The van der Waals surface area contributed by atoms with Crippen molar-refractivity contribution in [2.24, 2.45) is 0 Å². The Kier molecular flexibility index (Phi) is 4.00. The molecule has 1 aromatic carbocycles. The third-order valence-corrected chi connectivity index (χ3v) is 5.24. The second-order valence-electron chi connectivity index (χ2n) is 7.96. The quantitative estimate of drug-likeness (QED) is 0.836. The molecule has 0 unspecified atom stereocenters. The van der Waals surface area contributed by atoms with Gasteiger partial charge >= 0.3 is 0 Å². The van der Waals surface area contributed by atoms with Gasteiger partial charge in [-0.2, -0.15) is 0 Å². The van der Waals surface area contributed by atoms with Crippen molar-refractivity contribution in [2.45, 2.75) is 63.8 Å². The molecule has 1 heterocycles. The van der Waals surface area contributed by atoms with E-state index in [0.29, 0.717) is 5.54 Å². The summed E-state index contributed by atoms with van der Waals surface area (Å²) in [5.74, 6) is 0. The molecule has 0 bridgehead atoms. The average Bonchev–Trinajstić information content (AvgIpc) is 2.47. The fourth-order valence-corrected chi connectivity index (χ4v) is 4.11. The first-order valence-electron chi connectivity index (χ1n) is 8.60. The molecule has 3 rings (SSSR count). The van der Waals surface area contributed by atoms with Crippen molar-refractivity contribution in [3.63, 3.8) is 0 Å². The molecule has 1 spiro atoms. The SMILES string of the molecule is CC(C)(C)c1ccccc1N1CCNC2(CCCCC2)C1. The maximum atomic E-state index is 3.85. The summed E-state index contributed by atoms with van der Waals surface area (Å²) in [5.41, 5.74) is 3.53. The smallest absolute Gasteiger partial charge is 0.0405 e. The van der Waals surface area contributed by atoms with Crippen LogP contribution in [-0.2, 0) is 5.41 Å². The van der Waals surface area contributed by atoms with Crippen LogP contribution in [0.3, 0.4) is 0 Å². The molecule has 116 valence electrons. The predicted octanol–water partition coefficient (Wildman–Crippen LogP) is 4.10. The third-order valence-electron chi connectivity index (χ3n) is 5.24. The third kappa shape index (κ3) is 3.11. The van der Waals surface area contributed by atoms with Crippen LogP contribution in [0.2, 0.25) is 0 Å². The molecule has 2 nitrogen and oxygen atoms in total. The minimum absolute atomic E-state index is 0.210. The number of benzene rings is 1. The standard InChI is InChI=1S/C19H30N2/c1-18(2,3)16-9-5-6-10-17(16)21-14-13-20-19(15-21)11-7-4-8-12-19/h5-6,9-10,20H,4,7-8,11-15H2,1-3H3. The predicted molar refractivity (Wildman–Crippen MR) is 91.2 cm³/mol. The minimum atomic E-state index is 0.210. The summed E-state index contributed by atoms with van der Waals surface area (Å²) in [4.78, 5) is 2.64. The largest absolute Gasteiger partial charge is 0.368 e. The van der Waals surface area contributed by atoms with Crippen LogP contribution in [-0.4, -0.2) is 25.2 Å². The first kappa shape index (κ1) is 14.9. The maximum absolute atomic E-state index is 3.85. The Morgan fingerprint density at radius 1 is 1.05 bits per heavy atom. The van der Waals surface area contributed by atoms with Gasteiger partial charge in [0.2, 0.25) is 0 Å². The molecule has 1 aliphatic carbocycles. The Balaban J connectivity index is 1.87. The fourth-order valence-electron chi connectivity index (χ4n) is 4.11. The number of piperazine rings is 1. The zero-order valence-electron chi connectivity index (χ0n) is 13.9. The minimum Gasteiger partial charge on any atom is -0.368 e. The van der Waals surface area contributed by atoms with E-state index in [9.17, 15) is 0 Å². The molecule has 1 saturated carbocycles. The highest BCUT2D eigenvalue weighted by Gasteiger charge is 2.37. The number of para-hydroxylation sites is 1. The molecule has 1 aromatic rings. The van der Waals surface area contributed by atoms with Crippen LogP contribution in [0.4, 0.5) is 5.69 Å². The number of hydrogen-bond donors (Lipinski definition) is 1. The molecule has 0 aromatic heterocycles. The lowest BCUT2D eigenvalue weighted by Crippen LogP contribution is -2.61. The highest BCUT2D eigenvalue weighted by atomic mass is 15.2. The van der Waals surface area contributed by atoms with Crippen LogP contribution in [0.15, 0.2) is 24.3 Å². The molecule has 1 N–H and O–H groups in total. The highest BCUT2D eigenvalue weighted by molar-refractivity contribution is 5.57. The number of anilines is 1. The lowest BCUT2D eigenvalue weighted by atomic mass is 9.79. The summed E-state index contributed by atoms with van der Waals surface area (Å²) < 4.78 is 0. The Morgan fingerprint density at radius 3 is 2.48 bits per heavy atom. The summed E-state index contributed by atoms with van der Waals surface area (Å²) in [7, 11) is 0. The number of nitrogens with zero attached hydrogens (tertiary/aromatic N) is 1. The van der Waals surface area contributed by atoms with Crippen LogP contribution >= 0.6 is 0 Å². The summed E-state index contributed by atoms with van der Waals surface area (Å²) in [6, 6.07) is 9.01. The molecule has 21 heavy (non-hydrogen) atoms. The Morgan fingerprint density at radius 2 is 1.76 bits per heavy atom. The van der Waals surface area contributed by atoms with Gasteiger partial charge in [0, 0.05) is 30.9 Å². The zero-order chi connectivity index (χ0) is 14.9. The molecule has 2 fully saturated rings. The van der Waals surface area contributed by atoms with E-state index >= 15 is 0 Å². The topological polar surface area (TPSA) is 15.3 Å². The van der Waals surface area contributed by atoms with E-state index in [0.717, 1.165) is 13.1 Å². The van der Waals surface area contributed by atoms with E-state index in [1.165, 1.54) is 49.9 Å². The van der Waals surface area contributed by atoms with Crippen molar-refractivity contribution in [2.75, 3.05) is 24.5 Å². The number of hydrogen-bond acceptors (Lipinski definition) is 2. The fraction of sp³-hybridized carbons (Fsp3) is 0.684. The first-order chi connectivity index (χ1) is 10.0. The molecule has 2 aliphatic rings. The molecular formula is C19H30N2. The van der Waals surface area contributed by atoms with E-state index in [2.05, 4.69) is 55.3 Å². The summed E-state index contributed by atoms with van der Waals surface area (Å²) >= 11 is 0. The zero-order valence-corrected chi connectivity index (χ0v) is 13.9. The maximum Gasteiger partial charge on any atom is 0.0405 e. The Hall–Kier alpha value is -1.02. The molecule has 2 heteroatoms. The van der Waals surface area contributed by atoms with E-state index < -0.39 is 0 Å². The van der Waals surface area contributed by atoms with Gasteiger partial charge in [-0.25, -0.2) is 0 Å². The van der Waals surface area contributed by atoms with E-state index in [-0.39, 0.29) is 5.41 Å². The average molecular weight is 286 g/mol. The summed E-state index contributed by atoms with van der Waals surface area (Å²) in [6.45, 7) is 10.4. The summed E-state index contributed by atoms with van der Waals surface area (Å²) in [6.07, 6.45) is 6.90. The van der Waals surface area contributed by atoms with Crippen LogP contribution in [0.1, 0.15) is 58.4 Å². The monoisotopic (exact) mass is 286 g/mol. The van der Waals surface area contributed by atoms with Crippen molar-refractivity contribution in [1.29, 1.82) is 0 Å². The Labute approximate surface area is 129 Å². The van der Waals surface area contributed by atoms with Crippen LogP contribution in [0.25, 0.3) is 0 Å². The van der Waals surface area contributed by atoms with Gasteiger partial charge in [0.15, 0.2) is 0 Å². The van der Waals surface area contributed by atoms with Crippen LogP contribution in [0, 0.1) is 0 Å². The number of nitrogens with one attached hydrogen (secondary N) is 1. The van der Waals surface area contributed by atoms with Crippen molar-refractivity contribution < 1.29 is 0 Å². The van der Waals surface area contributed by atoms with Crippen molar-refractivity contribution in [3.8, 4) is 0 Å². The lowest BCUT2D eigenvalue weighted by Gasteiger charge is -2.47. The molecule has 0 radical (unpaired) electrons. The van der Waals surface area contributed by atoms with Crippen molar-refractivity contribution in [3.05, 3.63) is 29.8 Å². The first-order valence-corrected chi connectivity index (χ1v) is 8.60. The van der Waals surface area contributed by atoms with Gasteiger partial charge in [-0.1, -0.05) is 58.2 Å². The highest BCUT2D eigenvalue weighted by Crippen LogP contribution is 2.36. The molecular weight excluding hydrogens is 256 g/mol. The van der Waals surface area contributed by atoms with E-state index in [1.807, 2.05) is 0 Å². The van der Waals surface area contributed by atoms with Crippen molar-refractivity contribution >= 4 is 5.69 Å². The van der Waals surface area contributed by atoms with Gasteiger partial charge in [0.05, 0.1) is 0 Å². The van der Waals surface area contributed by atoms with Gasteiger partial charge in [0.1, 0.15) is 0 Å². The molecule has 0 amide bonds. The Bertz CT molecular complexity index is 475.